The molecule has 0 unspecified atom stereocenters. The summed E-state index contributed by atoms with van der Waals surface area (Å²) >= 11 is 0. The van der Waals surface area contributed by atoms with Crippen LogP contribution in [0.5, 0.6) is 5.75 Å². The van der Waals surface area contributed by atoms with Crippen molar-refractivity contribution in [1.82, 2.24) is 9.88 Å². The Morgan fingerprint density at radius 1 is 1.20 bits per heavy atom. The van der Waals surface area contributed by atoms with Crippen LogP contribution < -0.4 is 4.74 Å². The monoisotopic (exact) mass is 402 g/mol. The zero-order valence-corrected chi connectivity index (χ0v) is 18.1. The molecule has 4 rings (SSSR count). The predicted octanol–water partition coefficient (Wildman–Crippen LogP) is 5.54. The van der Waals surface area contributed by atoms with Crippen molar-refractivity contribution in [2.75, 3.05) is 26.2 Å². The van der Waals surface area contributed by atoms with Crippen molar-refractivity contribution in [2.45, 2.75) is 27.2 Å². The number of hydrogen-bond acceptors (Lipinski definition) is 3. The number of nitrogens with one attached hydrogen (secondary N) is 1. The molecular weight excluding hydrogens is 372 g/mol. The van der Waals surface area contributed by atoms with Crippen molar-refractivity contribution in [1.29, 1.82) is 0 Å². The van der Waals surface area contributed by atoms with E-state index < -0.39 is 0 Å². The lowest BCUT2D eigenvalue weighted by Gasteiger charge is -2.27. The van der Waals surface area contributed by atoms with Crippen LogP contribution in [-0.2, 0) is 0 Å². The first-order valence-electron chi connectivity index (χ1n) is 10.9. The largest absolute Gasteiger partial charge is 0.493 e. The van der Waals surface area contributed by atoms with Gasteiger partial charge in [0.25, 0.3) is 0 Å². The Bertz CT molecular complexity index is 1080. The van der Waals surface area contributed by atoms with Gasteiger partial charge < -0.3 is 9.72 Å². The summed E-state index contributed by atoms with van der Waals surface area (Å²) in [4.78, 5) is 19.1. The van der Waals surface area contributed by atoms with Crippen LogP contribution in [0.15, 0.2) is 54.7 Å². The van der Waals surface area contributed by atoms with E-state index in [0.29, 0.717) is 29.4 Å². The summed E-state index contributed by atoms with van der Waals surface area (Å²) in [5, 5.41) is 1.11. The van der Waals surface area contributed by atoms with E-state index in [1.807, 2.05) is 49.4 Å². The van der Waals surface area contributed by atoms with Crippen molar-refractivity contribution in [3.8, 4) is 5.75 Å². The summed E-state index contributed by atoms with van der Waals surface area (Å²) in [6, 6.07) is 13.4. The molecule has 2 aromatic carbocycles. The zero-order valence-electron chi connectivity index (χ0n) is 18.1. The minimum Gasteiger partial charge on any atom is -0.493 e. The van der Waals surface area contributed by atoms with Gasteiger partial charge in [-0.15, -0.1) is 0 Å². The Balaban J connectivity index is 1.64. The van der Waals surface area contributed by atoms with Gasteiger partial charge in [-0.05, 0) is 55.2 Å². The number of ether oxygens (including phenoxy) is 1. The minimum atomic E-state index is -0.00571. The number of ketones is 1. The summed E-state index contributed by atoms with van der Waals surface area (Å²) in [6.07, 6.45) is 5.45. The number of carbonyl (C=O) groups excluding carboxylic acids is 1. The molecule has 1 N–H and O–H groups in total. The number of rotatable bonds is 7. The fourth-order valence-corrected chi connectivity index (χ4v) is 4.26. The van der Waals surface area contributed by atoms with E-state index >= 15 is 0 Å². The quantitative estimate of drug-likeness (QED) is 0.528. The van der Waals surface area contributed by atoms with Crippen LogP contribution in [0.1, 0.15) is 48.7 Å². The molecule has 0 saturated heterocycles. The van der Waals surface area contributed by atoms with Crippen LogP contribution in [0.4, 0.5) is 0 Å². The van der Waals surface area contributed by atoms with Gasteiger partial charge in [-0.3, -0.25) is 9.69 Å². The number of fused-ring (bicyclic) bond motifs is 1. The third kappa shape index (κ3) is 4.19. The lowest BCUT2D eigenvalue weighted by Crippen LogP contribution is -2.31. The maximum Gasteiger partial charge on any atom is 0.196 e. The molecule has 0 atom stereocenters. The zero-order chi connectivity index (χ0) is 21.1. The lowest BCUT2D eigenvalue weighted by molar-refractivity contribution is 0.103. The minimum absolute atomic E-state index is 0.00571. The molecule has 0 spiro atoms. The summed E-state index contributed by atoms with van der Waals surface area (Å²) in [7, 11) is 0. The molecule has 0 amide bonds. The number of para-hydroxylation sites is 1. The van der Waals surface area contributed by atoms with Gasteiger partial charge in [-0.1, -0.05) is 32.1 Å². The number of carbonyl (C=O) groups is 1. The molecule has 2 heterocycles. The predicted molar refractivity (Wildman–Crippen MR) is 123 cm³/mol. The molecule has 1 aliphatic rings. The van der Waals surface area contributed by atoms with Crippen molar-refractivity contribution < 1.29 is 9.53 Å². The van der Waals surface area contributed by atoms with E-state index in [1.165, 1.54) is 11.1 Å². The third-order valence-corrected chi connectivity index (χ3v) is 5.64. The van der Waals surface area contributed by atoms with E-state index in [2.05, 4.69) is 36.0 Å². The molecule has 4 heteroatoms. The Hall–Kier alpha value is -2.85. The summed E-state index contributed by atoms with van der Waals surface area (Å²) in [5.41, 5.74) is 4.93. The Labute approximate surface area is 178 Å². The second-order valence-corrected chi connectivity index (χ2v) is 8.35. The summed E-state index contributed by atoms with van der Waals surface area (Å²) < 4.78 is 5.67. The van der Waals surface area contributed by atoms with E-state index in [0.717, 1.165) is 37.0 Å². The maximum absolute atomic E-state index is 13.2. The number of benzene rings is 2. The molecule has 1 aliphatic heterocycles. The van der Waals surface area contributed by atoms with Gasteiger partial charge in [0.1, 0.15) is 5.75 Å². The molecule has 0 saturated carbocycles. The van der Waals surface area contributed by atoms with E-state index in [4.69, 9.17) is 4.74 Å². The van der Waals surface area contributed by atoms with E-state index in [-0.39, 0.29) is 5.78 Å². The molecule has 0 radical (unpaired) electrons. The number of nitrogens with zero attached hydrogens (tertiary/aromatic N) is 1. The molecule has 3 aromatic rings. The van der Waals surface area contributed by atoms with Gasteiger partial charge in [0.2, 0.25) is 0 Å². The number of aromatic nitrogens is 1. The maximum atomic E-state index is 13.2. The smallest absolute Gasteiger partial charge is 0.196 e. The molecule has 1 aromatic heterocycles. The normalized spacial score (nSPS) is 14.9. The lowest BCUT2D eigenvalue weighted by atomic mass is 9.95. The Morgan fingerprint density at radius 2 is 2.03 bits per heavy atom. The van der Waals surface area contributed by atoms with Crippen LogP contribution >= 0.6 is 0 Å². The van der Waals surface area contributed by atoms with E-state index in [1.54, 1.807) is 0 Å². The van der Waals surface area contributed by atoms with Gasteiger partial charge in [-0.2, -0.15) is 0 Å². The fraction of sp³-hybridized carbons (Fsp3) is 0.346. The number of H-pyrrole nitrogens is 1. The molecule has 4 nitrogen and oxygen atoms in total. The summed E-state index contributed by atoms with van der Waals surface area (Å²) in [5.74, 6) is 1.31. The molecular formula is C26H30N2O2. The first-order valence-corrected chi connectivity index (χ1v) is 10.9. The van der Waals surface area contributed by atoms with Crippen LogP contribution in [-0.4, -0.2) is 41.9 Å². The molecule has 30 heavy (non-hydrogen) atoms. The Kier molecular flexibility index (Phi) is 6.05. The van der Waals surface area contributed by atoms with Gasteiger partial charge in [0.15, 0.2) is 5.78 Å². The van der Waals surface area contributed by atoms with Gasteiger partial charge >= 0.3 is 0 Å². The molecule has 0 aliphatic carbocycles. The topological polar surface area (TPSA) is 45.3 Å². The molecule has 156 valence electrons. The Morgan fingerprint density at radius 3 is 2.77 bits per heavy atom. The highest BCUT2D eigenvalue weighted by molar-refractivity contribution is 6.12. The highest BCUT2D eigenvalue weighted by atomic mass is 16.5. The standard InChI is InChI=1S/C26H30N2O2/c1-4-30-25-8-6-5-7-21(25)26(29)20-9-10-24-22(15-20)23(16-27-24)19-11-13-28(14-12-19)17-18(2)3/h5-11,15-16,18,27H,4,12-14,17H2,1-3H3. The first kappa shape index (κ1) is 20.4. The van der Waals surface area contributed by atoms with Gasteiger partial charge in [0, 0.05) is 47.9 Å². The van der Waals surface area contributed by atoms with Crippen LogP contribution in [0.2, 0.25) is 0 Å². The highest BCUT2D eigenvalue weighted by Gasteiger charge is 2.19. The molecule has 0 fully saturated rings. The van der Waals surface area contributed by atoms with Crippen molar-refractivity contribution in [2.24, 2.45) is 5.92 Å². The second kappa shape index (κ2) is 8.88. The average Bonchev–Trinajstić information content (AvgIpc) is 3.17. The van der Waals surface area contributed by atoms with Crippen molar-refractivity contribution in [3.63, 3.8) is 0 Å². The number of hydrogen-bond donors (Lipinski definition) is 1. The molecule has 0 bridgehead atoms. The highest BCUT2D eigenvalue weighted by Crippen LogP contribution is 2.31. The van der Waals surface area contributed by atoms with Crippen LogP contribution in [0.3, 0.4) is 0 Å². The summed E-state index contributed by atoms with van der Waals surface area (Å²) in [6.45, 7) is 10.2. The van der Waals surface area contributed by atoms with Crippen LogP contribution in [0.25, 0.3) is 16.5 Å². The fourth-order valence-electron chi connectivity index (χ4n) is 4.26. The van der Waals surface area contributed by atoms with Crippen molar-refractivity contribution in [3.05, 3.63) is 71.4 Å². The average molecular weight is 403 g/mol. The van der Waals surface area contributed by atoms with E-state index in [9.17, 15) is 4.79 Å². The van der Waals surface area contributed by atoms with Crippen LogP contribution in [0, 0.1) is 5.92 Å². The first-order chi connectivity index (χ1) is 14.6. The second-order valence-electron chi connectivity index (χ2n) is 8.35. The van der Waals surface area contributed by atoms with Gasteiger partial charge in [0.05, 0.1) is 12.2 Å². The third-order valence-electron chi connectivity index (χ3n) is 5.64. The SMILES string of the molecule is CCOc1ccccc1C(=O)c1ccc2[nH]cc(C3=CCN(CC(C)C)CC3)c2c1. The number of aromatic amines is 1. The van der Waals surface area contributed by atoms with Gasteiger partial charge in [-0.25, -0.2) is 0 Å². The van der Waals surface area contributed by atoms with Crippen molar-refractivity contribution >= 4 is 22.3 Å².